The summed E-state index contributed by atoms with van der Waals surface area (Å²) in [6.45, 7) is 0. The molecule has 0 aliphatic rings. The molecule has 1 aromatic heterocycles. The quantitative estimate of drug-likeness (QED) is 0.340. The molecule has 0 spiro atoms. The molecule has 1 heterocycles. The van der Waals surface area contributed by atoms with Gasteiger partial charge in [0.25, 0.3) is 0 Å². The summed E-state index contributed by atoms with van der Waals surface area (Å²) in [6.07, 6.45) is 0. The molecule has 0 atom stereocenters. The van der Waals surface area contributed by atoms with E-state index >= 15 is 0 Å². The lowest BCUT2D eigenvalue weighted by Gasteiger charge is -1.70. The second-order valence-corrected chi connectivity index (χ2v) is 1.59. The van der Waals surface area contributed by atoms with Crippen LogP contribution in [0.5, 0.6) is 0 Å². The van der Waals surface area contributed by atoms with Crippen LogP contribution in [0, 0.1) is 0 Å². The smallest absolute Gasteiger partial charge is 0.210 e. The van der Waals surface area contributed by atoms with Crippen LogP contribution in [0.2, 0.25) is 0 Å². The summed E-state index contributed by atoms with van der Waals surface area (Å²) in [7, 11) is 0. The minimum Gasteiger partial charge on any atom is -0.305 e. The predicted octanol–water partition coefficient (Wildman–Crippen LogP) is 0.496. The first-order chi connectivity index (χ1) is 3.93. The first kappa shape index (κ1) is 5.10. The Balaban J connectivity index is 2.77. The Morgan fingerprint density at radius 1 is 1.75 bits per heavy atom. The van der Waals surface area contributed by atoms with E-state index in [9.17, 15) is 0 Å². The molecule has 0 fully saturated rings. The normalized spacial score (nSPS) is 10.5. The molecule has 0 bridgehead atoms. The summed E-state index contributed by atoms with van der Waals surface area (Å²) in [5.74, 6) is 5.17. The highest BCUT2D eigenvalue weighted by Crippen LogP contribution is 2.06. The van der Waals surface area contributed by atoms with Crippen LogP contribution in [0.3, 0.4) is 0 Å². The molecule has 0 aliphatic heterocycles. The monoisotopic (exact) mass is 129 g/mol. The first-order valence-electron chi connectivity index (χ1n) is 1.81. The zero-order valence-electron chi connectivity index (χ0n) is 3.85. The van der Waals surface area contributed by atoms with Crippen molar-refractivity contribution < 1.29 is 0 Å². The number of aromatic nitrogens is 2. The summed E-state index contributed by atoms with van der Waals surface area (Å²) < 4.78 is 3.52. The van der Waals surface area contributed by atoms with E-state index in [1.165, 1.54) is 11.5 Å². The lowest BCUT2D eigenvalue weighted by molar-refractivity contribution is 1.01. The Bertz CT molecular complexity index is 167. The van der Waals surface area contributed by atoms with Crippen LogP contribution in [0.1, 0.15) is 0 Å². The van der Waals surface area contributed by atoms with Gasteiger partial charge in [-0.2, -0.15) is 0 Å². The molecule has 0 aliphatic carbocycles. The Morgan fingerprint density at radius 2 is 2.62 bits per heavy atom. The maximum atomic E-state index is 4.71. The van der Waals surface area contributed by atoms with Crippen LogP contribution in [-0.4, -0.2) is 9.59 Å². The van der Waals surface area contributed by atoms with Gasteiger partial charge in [0.1, 0.15) is 0 Å². The van der Waals surface area contributed by atoms with Crippen molar-refractivity contribution in [1.82, 2.24) is 9.59 Å². The second-order valence-electron chi connectivity index (χ2n) is 0.979. The zero-order chi connectivity index (χ0) is 5.82. The molecule has 0 aromatic carbocycles. The van der Waals surface area contributed by atoms with Crippen molar-refractivity contribution >= 4 is 17.4 Å². The maximum absolute atomic E-state index is 4.71. The van der Waals surface area contributed by atoms with Gasteiger partial charge in [-0.1, -0.05) is 9.71 Å². The third kappa shape index (κ3) is 0.969. The largest absolute Gasteiger partial charge is 0.305 e. The minimum atomic E-state index is 0.456. The van der Waals surface area contributed by atoms with E-state index < -0.39 is 0 Å². The van der Waals surface area contributed by atoms with Gasteiger partial charge in [0.15, 0.2) is 0 Å². The molecular formula is C2H3N5S. The minimum absolute atomic E-state index is 0.456. The van der Waals surface area contributed by atoms with Gasteiger partial charge >= 0.3 is 0 Å². The Morgan fingerprint density at radius 3 is 3.12 bits per heavy atom. The predicted molar refractivity (Wildman–Crippen MR) is 28.6 cm³/mol. The average Bonchev–Trinajstić information content (AvgIpc) is 2.19. The Kier molecular flexibility index (Phi) is 1.48. The highest BCUT2D eigenvalue weighted by molar-refractivity contribution is 7.03. The third-order valence-corrected chi connectivity index (χ3v) is 1.00. The first-order valence-corrected chi connectivity index (χ1v) is 2.65. The standard InChI is InChI=1S/C2H3N5S/c3-6-4-2-1-8-7-5-2/h1H,(H2,3,4). The van der Waals surface area contributed by atoms with Crippen LogP contribution in [0.4, 0.5) is 5.82 Å². The van der Waals surface area contributed by atoms with Gasteiger partial charge in [-0.15, -0.1) is 10.2 Å². The van der Waals surface area contributed by atoms with Crippen molar-refractivity contribution in [3.8, 4) is 0 Å². The van der Waals surface area contributed by atoms with Crippen LogP contribution >= 0.6 is 11.5 Å². The Labute approximate surface area is 49.4 Å². The molecule has 1 rings (SSSR count). The Hall–Kier alpha value is -1.04. The van der Waals surface area contributed by atoms with E-state index in [2.05, 4.69) is 19.9 Å². The van der Waals surface area contributed by atoms with E-state index in [0.29, 0.717) is 5.82 Å². The van der Waals surface area contributed by atoms with Crippen molar-refractivity contribution in [3.63, 3.8) is 0 Å². The molecule has 0 saturated carbocycles. The van der Waals surface area contributed by atoms with Gasteiger partial charge in [-0.25, -0.2) is 0 Å². The van der Waals surface area contributed by atoms with E-state index in [4.69, 9.17) is 5.84 Å². The lowest BCUT2D eigenvalue weighted by Crippen LogP contribution is -1.73. The second kappa shape index (κ2) is 2.31. The molecule has 6 heteroatoms. The average molecular weight is 129 g/mol. The lowest BCUT2D eigenvalue weighted by atomic mass is 10.9. The van der Waals surface area contributed by atoms with Crippen molar-refractivity contribution in [1.29, 1.82) is 0 Å². The van der Waals surface area contributed by atoms with Gasteiger partial charge < -0.3 is 5.84 Å². The summed E-state index contributed by atoms with van der Waals surface area (Å²) in [5.41, 5.74) is 0. The summed E-state index contributed by atoms with van der Waals surface area (Å²) in [4.78, 5) is 0. The summed E-state index contributed by atoms with van der Waals surface area (Å²) in [6, 6.07) is 0. The molecule has 5 nitrogen and oxygen atoms in total. The molecule has 1 aromatic rings. The van der Waals surface area contributed by atoms with Gasteiger partial charge in [0.05, 0.1) is 5.38 Å². The number of nitrogens with two attached hydrogens (primary N) is 1. The van der Waals surface area contributed by atoms with Gasteiger partial charge in [0.2, 0.25) is 5.82 Å². The number of hydrogen-bond acceptors (Lipinski definition) is 5. The van der Waals surface area contributed by atoms with Gasteiger partial charge in [-0.3, -0.25) is 0 Å². The van der Waals surface area contributed by atoms with Crippen molar-refractivity contribution in [2.45, 2.75) is 0 Å². The molecule has 0 amide bonds. The maximum Gasteiger partial charge on any atom is 0.210 e. The van der Waals surface area contributed by atoms with E-state index in [-0.39, 0.29) is 0 Å². The van der Waals surface area contributed by atoms with Crippen LogP contribution in [0.25, 0.3) is 0 Å². The zero-order valence-corrected chi connectivity index (χ0v) is 4.67. The fraction of sp³-hybridized carbons (Fsp3) is 0. The number of hydrogen-bond donors (Lipinski definition) is 1. The molecule has 42 valence electrons. The van der Waals surface area contributed by atoms with Gasteiger partial charge in [-0.05, 0) is 11.5 Å². The SMILES string of the molecule is NN=Nc1csnn1. The van der Waals surface area contributed by atoms with Crippen LogP contribution in [-0.2, 0) is 0 Å². The molecule has 2 N–H and O–H groups in total. The van der Waals surface area contributed by atoms with Crippen LogP contribution in [0.15, 0.2) is 15.7 Å². The molecule has 0 saturated heterocycles. The fourth-order valence-electron chi connectivity index (χ4n) is 0.262. The molecule has 0 radical (unpaired) electrons. The van der Waals surface area contributed by atoms with Crippen molar-refractivity contribution in [2.75, 3.05) is 0 Å². The summed E-state index contributed by atoms with van der Waals surface area (Å²) >= 11 is 1.21. The van der Waals surface area contributed by atoms with E-state index in [1.54, 1.807) is 5.38 Å². The topological polar surface area (TPSA) is 76.5 Å². The summed E-state index contributed by atoms with van der Waals surface area (Å²) in [5, 5.41) is 11.6. The van der Waals surface area contributed by atoms with E-state index in [1.807, 2.05) is 0 Å². The molecule has 0 unspecified atom stereocenters. The van der Waals surface area contributed by atoms with Crippen molar-refractivity contribution in [2.24, 2.45) is 16.2 Å². The van der Waals surface area contributed by atoms with Gasteiger partial charge in [0, 0.05) is 0 Å². The van der Waals surface area contributed by atoms with Crippen molar-refractivity contribution in [3.05, 3.63) is 5.38 Å². The van der Waals surface area contributed by atoms with E-state index in [0.717, 1.165) is 0 Å². The third-order valence-electron chi connectivity index (χ3n) is 0.509. The molecule has 8 heavy (non-hydrogen) atoms. The fourth-order valence-corrected chi connectivity index (χ4v) is 0.629. The molecular weight excluding hydrogens is 126 g/mol. The highest BCUT2D eigenvalue weighted by Gasteiger charge is 1.87. The highest BCUT2D eigenvalue weighted by atomic mass is 32.1. The number of nitrogens with zero attached hydrogens (tertiary/aromatic N) is 4. The van der Waals surface area contributed by atoms with Crippen LogP contribution < -0.4 is 5.84 Å². The number of rotatable bonds is 1.